The predicted octanol–water partition coefficient (Wildman–Crippen LogP) is 4.72. The van der Waals surface area contributed by atoms with Gasteiger partial charge in [-0.15, -0.1) is 0 Å². The van der Waals surface area contributed by atoms with E-state index in [1.54, 1.807) is 29.2 Å². The van der Waals surface area contributed by atoms with Crippen molar-refractivity contribution in [3.63, 3.8) is 0 Å². The zero-order valence-electron chi connectivity index (χ0n) is 19.0. The van der Waals surface area contributed by atoms with Crippen LogP contribution in [0.15, 0.2) is 67.4 Å². The van der Waals surface area contributed by atoms with Gasteiger partial charge in [0.25, 0.3) is 0 Å². The highest BCUT2D eigenvalue weighted by atomic mass is 19.1. The molecule has 34 heavy (non-hydrogen) atoms. The van der Waals surface area contributed by atoms with Crippen molar-refractivity contribution in [1.29, 1.82) is 0 Å². The van der Waals surface area contributed by atoms with Crippen LogP contribution in [0.4, 0.5) is 20.7 Å². The van der Waals surface area contributed by atoms with E-state index in [0.717, 1.165) is 11.4 Å². The summed E-state index contributed by atoms with van der Waals surface area (Å²) in [5.41, 5.74) is 2.01. The molecule has 0 aliphatic carbocycles. The smallest absolute Gasteiger partial charge is 0.324 e. The standard InChI is InChI=1S/C24H24FN7O2/c1-24(2,3)20-13-21(32(31-20)18-6-8-26-9-7-18)30-23(33)29-17-4-5-19(25)16(12-17)15-34-22-14-27-10-11-28-22/h4-14H,15H2,1-3H3,(H2,29,30,33). The maximum Gasteiger partial charge on any atom is 0.324 e. The van der Waals surface area contributed by atoms with Crippen molar-refractivity contribution in [3.8, 4) is 11.6 Å². The molecule has 3 aromatic heterocycles. The molecule has 0 saturated carbocycles. The Kier molecular flexibility index (Phi) is 6.48. The zero-order valence-corrected chi connectivity index (χ0v) is 19.0. The topological polar surface area (TPSA) is 107 Å². The normalized spacial score (nSPS) is 11.2. The van der Waals surface area contributed by atoms with Crippen molar-refractivity contribution in [1.82, 2.24) is 24.7 Å². The Morgan fingerprint density at radius 3 is 2.53 bits per heavy atom. The largest absolute Gasteiger partial charge is 0.472 e. The summed E-state index contributed by atoms with van der Waals surface area (Å²) >= 11 is 0. The average molecular weight is 462 g/mol. The van der Waals surface area contributed by atoms with E-state index >= 15 is 0 Å². The molecule has 10 heteroatoms. The summed E-state index contributed by atoms with van der Waals surface area (Å²) in [6.07, 6.45) is 7.74. The molecule has 0 spiro atoms. The molecular weight excluding hydrogens is 437 g/mol. The molecule has 9 nitrogen and oxygen atoms in total. The van der Waals surface area contributed by atoms with Gasteiger partial charge in [-0.2, -0.15) is 5.10 Å². The van der Waals surface area contributed by atoms with Gasteiger partial charge in [-0.1, -0.05) is 20.8 Å². The third-order valence-electron chi connectivity index (χ3n) is 4.85. The molecule has 0 fully saturated rings. The molecule has 4 rings (SSSR count). The van der Waals surface area contributed by atoms with Crippen LogP contribution in [0.25, 0.3) is 5.69 Å². The fourth-order valence-electron chi connectivity index (χ4n) is 3.07. The van der Waals surface area contributed by atoms with Gasteiger partial charge >= 0.3 is 6.03 Å². The monoisotopic (exact) mass is 461 g/mol. The second kappa shape index (κ2) is 9.65. The minimum atomic E-state index is -0.497. The first-order valence-corrected chi connectivity index (χ1v) is 10.6. The van der Waals surface area contributed by atoms with Crippen LogP contribution in [0.3, 0.4) is 0 Å². The fourth-order valence-corrected chi connectivity index (χ4v) is 3.07. The first-order valence-electron chi connectivity index (χ1n) is 10.6. The number of aromatic nitrogens is 5. The van der Waals surface area contributed by atoms with Crippen molar-refractivity contribution in [3.05, 3.63) is 84.5 Å². The number of pyridine rings is 1. The van der Waals surface area contributed by atoms with Gasteiger partial charge in [0.2, 0.25) is 5.88 Å². The van der Waals surface area contributed by atoms with Gasteiger partial charge in [0.05, 0.1) is 17.6 Å². The molecule has 1 aromatic carbocycles. The molecule has 0 atom stereocenters. The summed E-state index contributed by atoms with van der Waals surface area (Å²) in [5.74, 6) is 0.305. The Labute approximate surface area is 196 Å². The van der Waals surface area contributed by atoms with Crippen LogP contribution in [0.2, 0.25) is 0 Å². The quantitative estimate of drug-likeness (QED) is 0.430. The van der Waals surface area contributed by atoms with Crippen molar-refractivity contribution in [2.24, 2.45) is 0 Å². The minimum Gasteiger partial charge on any atom is -0.472 e. The second-order valence-electron chi connectivity index (χ2n) is 8.50. The fraction of sp³-hybridized carbons (Fsp3) is 0.208. The molecule has 3 heterocycles. The molecule has 174 valence electrons. The Morgan fingerprint density at radius 1 is 1.03 bits per heavy atom. The van der Waals surface area contributed by atoms with Gasteiger partial charge < -0.3 is 10.1 Å². The molecule has 2 N–H and O–H groups in total. The third kappa shape index (κ3) is 5.52. The lowest BCUT2D eigenvalue weighted by Gasteiger charge is -2.14. The number of rotatable bonds is 6. The number of nitrogens with one attached hydrogen (secondary N) is 2. The van der Waals surface area contributed by atoms with Crippen LogP contribution in [-0.2, 0) is 12.0 Å². The van der Waals surface area contributed by atoms with E-state index in [2.05, 4.69) is 30.7 Å². The highest BCUT2D eigenvalue weighted by Crippen LogP contribution is 2.26. The van der Waals surface area contributed by atoms with Crippen LogP contribution in [0, 0.1) is 5.82 Å². The number of halogens is 1. The van der Waals surface area contributed by atoms with E-state index in [0.29, 0.717) is 11.5 Å². The number of carbonyl (C=O) groups is 1. The van der Waals surface area contributed by atoms with Gasteiger partial charge in [0.1, 0.15) is 18.2 Å². The Bertz CT molecular complexity index is 1270. The SMILES string of the molecule is CC(C)(C)c1cc(NC(=O)Nc2ccc(F)c(COc3cnccn3)c2)n(-c2ccncc2)n1. The molecule has 0 unspecified atom stereocenters. The summed E-state index contributed by atoms with van der Waals surface area (Å²) in [6.45, 7) is 6.06. The number of carbonyl (C=O) groups excluding carboxylic acids is 1. The summed E-state index contributed by atoms with van der Waals surface area (Å²) in [6, 6.07) is 9.17. The van der Waals surface area contributed by atoms with E-state index in [1.807, 2.05) is 26.8 Å². The molecule has 0 radical (unpaired) electrons. The van der Waals surface area contributed by atoms with Crippen LogP contribution in [0.5, 0.6) is 5.88 Å². The molecular formula is C24H24FN7O2. The zero-order chi connectivity index (χ0) is 24.1. The number of amides is 2. The van der Waals surface area contributed by atoms with Gasteiger partial charge in [-0.25, -0.2) is 18.9 Å². The summed E-state index contributed by atoms with van der Waals surface area (Å²) in [5, 5.41) is 10.2. The second-order valence-corrected chi connectivity index (χ2v) is 8.50. The van der Waals surface area contributed by atoms with Gasteiger partial charge in [-0.3, -0.25) is 15.3 Å². The van der Waals surface area contributed by atoms with E-state index in [9.17, 15) is 9.18 Å². The van der Waals surface area contributed by atoms with E-state index in [-0.39, 0.29) is 23.5 Å². The Morgan fingerprint density at radius 2 is 1.82 bits per heavy atom. The molecule has 0 saturated heterocycles. The van der Waals surface area contributed by atoms with Gasteiger partial charge in [0, 0.05) is 47.5 Å². The molecule has 2 amide bonds. The van der Waals surface area contributed by atoms with Crippen molar-refractivity contribution in [2.75, 3.05) is 10.6 Å². The van der Waals surface area contributed by atoms with Crippen molar-refractivity contribution >= 4 is 17.5 Å². The maximum atomic E-state index is 14.3. The Hall–Kier alpha value is -4.34. The number of urea groups is 1. The maximum absolute atomic E-state index is 14.3. The number of anilines is 2. The van der Waals surface area contributed by atoms with E-state index < -0.39 is 11.8 Å². The van der Waals surface area contributed by atoms with Crippen molar-refractivity contribution in [2.45, 2.75) is 32.8 Å². The number of nitrogens with zero attached hydrogens (tertiary/aromatic N) is 5. The predicted molar refractivity (Wildman–Crippen MR) is 125 cm³/mol. The first-order chi connectivity index (χ1) is 16.3. The number of hydrogen-bond acceptors (Lipinski definition) is 6. The summed E-state index contributed by atoms with van der Waals surface area (Å²) < 4.78 is 21.4. The van der Waals surface area contributed by atoms with Gasteiger partial charge in [0.15, 0.2) is 0 Å². The van der Waals surface area contributed by atoms with E-state index in [4.69, 9.17) is 4.74 Å². The van der Waals surface area contributed by atoms with Crippen molar-refractivity contribution < 1.29 is 13.9 Å². The average Bonchev–Trinajstić information content (AvgIpc) is 3.25. The Balaban J connectivity index is 1.50. The highest BCUT2D eigenvalue weighted by Gasteiger charge is 2.21. The molecule has 0 aliphatic rings. The molecule has 4 aromatic rings. The summed E-state index contributed by atoms with van der Waals surface area (Å²) in [7, 11) is 0. The van der Waals surface area contributed by atoms with Crippen LogP contribution >= 0.6 is 0 Å². The number of ether oxygens (including phenoxy) is 1. The highest BCUT2D eigenvalue weighted by molar-refractivity contribution is 5.99. The van der Waals surface area contributed by atoms with Crippen LogP contribution in [-0.4, -0.2) is 30.8 Å². The van der Waals surface area contributed by atoms with Crippen LogP contribution in [0.1, 0.15) is 32.0 Å². The van der Waals surface area contributed by atoms with Gasteiger partial charge in [-0.05, 0) is 30.3 Å². The lowest BCUT2D eigenvalue weighted by molar-refractivity contribution is 0.262. The third-order valence-corrected chi connectivity index (χ3v) is 4.85. The molecule has 0 aliphatic heterocycles. The number of hydrogen-bond donors (Lipinski definition) is 2. The van der Waals surface area contributed by atoms with E-state index in [1.165, 1.54) is 36.8 Å². The summed E-state index contributed by atoms with van der Waals surface area (Å²) in [4.78, 5) is 24.7. The molecule has 0 bridgehead atoms. The number of benzene rings is 1. The lowest BCUT2D eigenvalue weighted by Crippen LogP contribution is -2.21. The van der Waals surface area contributed by atoms with Crippen LogP contribution < -0.4 is 15.4 Å². The lowest BCUT2D eigenvalue weighted by atomic mass is 9.92. The minimum absolute atomic E-state index is 0.0641. The first kappa shape index (κ1) is 22.8.